The summed E-state index contributed by atoms with van der Waals surface area (Å²) >= 11 is 7.72. The fraction of sp³-hybridized carbons (Fsp3) is 0.667. The van der Waals surface area contributed by atoms with Crippen LogP contribution in [0.15, 0.2) is 11.4 Å². The van der Waals surface area contributed by atoms with E-state index in [1.54, 1.807) is 11.3 Å². The molecule has 1 aliphatic rings. The Labute approximate surface area is 107 Å². The van der Waals surface area contributed by atoms with Gasteiger partial charge in [0, 0.05) is 29.4 Å². The van der Waals surface area contributed by atoms with Crippen LogP contribution in [-0.2, 0) is 6.54 Å². The minimum absolute atomic E-state index is 0.694. The molecule has 16 heavy (non-hydrogen) atoms. The number of nitrogens with zero attached hydrogens (tertiary/aromatic N) is 1. The zero-order valence-corrected chi connectivity index (χ0v) is 11.3. The van der Waals surface area contributed by atoms with Crippen LogP contribution in [0.3, 0.4) is 0 Å². The Hall–Kier alpha value is -0.0900. The summed E-state index contributed by atoms with van der Waals surface area (Å²) in [6.07, 6.45) is 4.02. The van der Waals surface area contributed by atoms with E-state index in [-0.39, 0.29) is 0 Å². The second-order valence-electron chi connectivity index (χ2n) is 4.41. The number of piperidine rings is 1. The number of hydrogen-bond donors (Lipinski definition) is 1. The number of rotatable bonds is 4. The van der Waals surface area contributed by atoms with Crippen molar-refractivity contribution in [2.45, 2.75) is 31.8 Å². The maximum absolute atomic E-state index is 5.96. The molecule has 4 heteroatoms. The summed E-state index contributed by atoms with van der Waals surface area (Å²) in [4.78, 5) is 3.97. The Bertz CT molecular complexity index is 325. The zero-order chi connectivity index (χ0) is 11.4. The van der Waals surface area contributed by atoms with Crippen molar-refractivity contribution >= 4 is 22.9 Å². The normalized spacial score (nSPS) is 22.5. The van der Waals surface area contributed by atoms with Crippen LogP contribution in [0.4, 0.5) is 0 Å². The molecule has 0 aromatic carbocycles. The van der Waals surface area contributed by atoms with Crippen molar-refractivity contribution in [3.05, 3.63) is 21.3 Å². The lowest BCUT2D eigenvalue weighted by atomic mass is 10.0. The van der Waals surface area contributed by atoms with Gasteiger partial charge in [0.1, 0.15) is 0 Å². The van der Waals surface area contributed by atoms with E-state index in [1.807, 2.05) is 12.4 Å². The van der Waals surface area contributed by atoms with Gasteiger partial charge in [0.2, 0.25) is 0 Å². The number of hydrogen-bond acceptors (Lipinski definition) is 3. The highest BCUT2D eigenvalue weighted by Gasteiger charge is 2.21. The van der Waals surface area contributed by atoms with E-state index in [0.29, 0.717) is 6.04 Å². The number of nitrogens with one attached hydrogen (secondary N) is 1. The van der Waals surface area contributed by atoms with Crippen LogP contribution in [0.5, 0.6) is 0 Å². The van der Waals surface area contributed by atoms with Gasteiger partial charge in [-0.2, -0.15) is 0 Å². The van der Waals surface area contributed by atoms with E-state index < -0.39 is 0 Å². The lowest BCUT2D eigenvalue weighted by Gasteiger charge is -2.35. The van der Waals surface area contributed by atoms with Gasteiger partial charge in [-0.15, -0.1) is 11.3 Å². The highest BCUT2D eigenvalue weighted by Crippen LogP contribution is 2.24. The lowest BCUT2D eigenvalue weighted by molar-refractivity contribution is 0.140. The van der Waals surface area contributed by atoms with Gasteiger partial charge < -0.3 is 5.32 Å². The summed E-state index contributed by atoms with van der Waals surface area (Å²) in [5, 5.41) is 6.19. The summed E-state index contributed by atoms with van der Waals surface area (Å²) in [6.45, 7) is 3.38. The van der Waals surface area contributed by atoms with Crippen LogP contribution in [0, 0.1) is 0 Å². The van der Waals surface area contributed by atoms with Gasteiger partial charge in [0.15, 0.2) is 0 Å². The molecule has 2 heterocycles. The summed E-state index contributed by atoms with van der Waals surface area (Å²) in [5.41, 5.74) is 0. The van der Waals surface area contributed by atoms with Gasteiger partial charge in [-0.25, -0.2) is 0 Å². The van der Waals surface area contributed by atoms with Crippen molar-refractivity contribution in [1.82, 2.24) is 10.2 Å². The Morgan fingerprint density at radius 1 is 1.56 bits per heavy atom. The molecule has 1 fully saturated rings. The van der Waals surface area contributed by atoms with E-state index in [1.165, 1.54) is 30.7 Å². The molecular formula is C12H19ClN2S. The van der Waals surface area contributed by atoms with Crippen molar-refractivity contribution in [2.75, 3.05) is 20.1 Å². The van der Waals surface area contributed by atoms with Crippen LogP contribution in [0.1, 0.15) is 24.1 Å². The van der Waals surface area contributed by atoms with E-state index in [2.05, 4.69) is 16.3 Å². The van der Waals surface area contributed by atoms with Crippen molar-refractivity contribution in [2.24, 2.45) is 0 Å². The molecule has 0 bridgehead atoms. The molecule has 1 N–H and O–H groups in total. The van der Waals surface area contributed by atoms with Crippen molar-refractivity contribution in [3.8, 4) is 0 Å². The van der Waals surface area contributed by atoms with Crippen LogP contribution in [-0.4, -0.2) is 31.1 Å². The third-order valence-corrected chi connectivity index (χ3v) is 4.44. The van der Waals surface area contributed by atoms with Gasteiger partial charge in [0.25, 0.3) is 0 Å². The molecule has 1 aromatic heterocycles. The third kappa shape index (κ3) is 3.20. The molecule has 90 valence electrons. The summed E-state index contributed by atoms with van der Waals surface area (Å²) in [5.74, 6) is 0. The van der Waals surface area contributed by atoms with E-state index in [0.717, 1.165) is 18.1 Å². The summed E-state index contributed by atoms with van der Waals surface area (Å²) in [6, 6.07) is 2.79. The van der Waals surface area contributed by atoms with Crippen LogP contribution >= 0.6 is 22.9 Å². The Balaban J connectivity index is 1.95. The molecular weight excluding hydrogens is 240 g/mol. The molecule has 1 unspecified atom stereocenters. The van der Waals surface area contributed by atoms with Gasteiger partial charge in [-0.3, -0.25) is 4.90 Å². The first-order valence-electron chi connectivity index (χ1n) is 5.91. The molecule has 1 aliphatic heterocycles. The van der Waals surface area contributed by atoms with Crippen LogP contribution in [0.2, 0.25) is 5.02 Å². The fourth-order valence-electron chi connectivity index (χ4n) is 2.37. The average molecular weight is 259 g/mol. The van der Waals surface area contributed by atoms with Crippen LogP contribution < -0.4 is 5.32 Å². The molecule has 1 aromatic rings. The molecule has 0 spiro atoms. The lowest BCUT2D eigenvalue weighted by Crippen LogP contribution is -2.44. The molecule has 0 aliphatic carbocycles. The second-order valence-corrected chi connectivity index (χ2v) is 5.84. The summed E-state index contributed by atoms with van der Waals surface area (Å²) in [7, 11) is 2.04. The maximum Gasteiger partial charge on any atom is 0.0516 e. The van der Waals surface area contributed by atoms with Gasteiger partial charge in [-0.1, -0.05) is 18.0 Å². The quantitative estimate of drug-likeness (QED) is 0.893. The average Bonchev–Trinajstić information content (AvgIpc) is 2.67. The molecule has 0 saturated carbocycles. The predicted octanol–water partition coefficient (Wildman–Crippen LogP) is 2.98. The minimum atomic E-state index is 0.694. The molecule has 1 atom stereocenters. The Morgan fingerprint density at radius 2 is 2.44 bits per heavy atom. The minimum Gasteiger partial charge on any atom is -0.318 e. The monoisotopic (exact) mass is 258 g/mol. The fourth-order valence-corrected chi connectivity index (χ4v) is 3.47. The van der Waals surface area contributed by atoms with E-state index in [9.17, 15) is 0 Å². The smallest absolute Gasteiger partial charge is 0.0516 e. The third-order valence-electron chi connectivity index (χ3n) is 3.17. The SMILES string of the molecule is CNCC1CCCCN1Cc1cc(Cl)cs1. The van der Waals surface area contributed by atoms with Gasteiger partial charge >= 0.3 is 0 Å². The molecule has 0 amide bonds. The predicted molar refractivity (Wildman–Crippen MR) is 71.3 cm³/mol. The number of likely N-dealkylation sites (N-methyl/N-ethyl adjacent to an activating group) is 1. The Kier molecular flexibility index (Phi) is 4.65. The van der Waals surface area contributed by atoms with Crippen LogP contribution in [0.25, 0.3) is 0 Å². The van der Waals surface area contributed by atoms with Gasteiger partial charge in [0.05, 0.1) is 5.02 Å². The summed E-state index contributed by atoms with van der Waals surface area (Å²) < 4.78 is 0. The first kappa shape index (κ1) is 12.4. The van der Waals surface area contributed by atoms with Crippen molar-refractivity contribution in [3.63, 3.8) is 0 Å². The number of halogens is 1. The second kappa shape index (κ2) is 6.01. The standard InChI is InChI=1S/C12H19ClN2S/c1-14-7-11-4-2-3-5-15(11)8-12-6-10(13)9-16-12/h6,9,11,14H,2-5,7-8H2,1H3. The Morgan fingerprint density at radius 3 is 3.12 bits per heavy atom. The topological polar surface area (TPSA) is 15.3 Å². The molecule has 0 radical (unpaired) electrons. The van der Waals surface area contributed by atoms with E-state index in [4.69, 9.17) is 11.6 Å². The van der Waals surface area contributed by atoms with Crippen molar-refractivity contribution < 1.29 is 0 Å². The molecule has 2 rings (SSSR count). The van der Waals surface area contributed by atoms with Gasteiger partial charge in [-0.05, 0) is 32.5 Å². The maximum atomic E-state index is 5.96. The number of likely N-dealkylation sites (tertiary alicyclic amines) is 1. The molecule has 2 nitrogen and oxygen atoms in total. The first-order chi connectivity index (χ1) is 7.79. The highest BCUT2D eigenvalue weighted by atomic mass is 35.5. The first-order valence-corrected chi connectivity index (χ1v) is 7.17. The molecule has 1 saturated heterocycles. The van der Waals surface area contributed by atoms with E-state index >= 15 is 0 Å². The number of thiophene rings is 1. The van der Waals surface area contributed by atoms with Crippen molar-refractivity contribution in [1.29, 1.82) is 0 Å². The largest absolute Gasteiger partial charge is 0.318 e. The zero-order valence-electron chi connectivity index (χ0n) is 9.71. The highest BCUT2D eigenvalue weighted by molar-refractivity contribution is 7.10.